The van der Waals surface area contributed by atoms with Gasteiger partial charge in [-0.15, -0.1) is 0 Å². The maximum atomic E-state index is 11.3. The highest BCUT2D eigenvalue weighted by Crippen LogP contribution is 2.25. The van der Waals surface area contributed by atoms with Gasteiger partial charge in [0.2, 0.25) is 0 Å². The lowest BCUT2D eigenvalue weighted by atomic mass is 10.1. The number of nitrogens with zero attached hydrogens (tertiary/aromatic N) is 1. The van der Waals surface area contributed by atoms with Gasteiger partial charge in [0.1, 0.15) is 5.02 Å². The molecule has 0 aliphatic carbocycles. The molecule has 0 radical (unpaired) electrons. The molecule has 0 saturated heterocycles. The molecule has 0 aliphatic heterocycles. The summed E-state index contributed by atoms with van der Waals surface area (Å²) in [6.45, 7) is 3.97. The van der Waals surface area contributed by atoms with Crippen molar-refractivity contribution in [3.05, 3.63) is 51.0 Å². The smallest absolute Gasteiger partial charge is 0.271 e. The Morgan fingerprint density at radius 3 is 2.59 bits per heavy atom. The zero-order valence-electron chi connectivity index (χ0n) is 9.54. The number of anilines is 2. The highest BCUT2D eigenvalue weighted by Gasteiger charge is 2.08. The van der Waals surface area contributed by atoms with Crippen LogP contribution in [0.5, 0.6) is 0 Å². The number of rotatable bonds is 2. The van der Waals surface area contributed by atoms with Crippen molar-refractivity contribution in [2.75, 3.05) is 5.32 Å². The quantitative estimate of drug-likeness (QED) is 0.861. The summed E-state index contributed by atoms with van der Waals surface area (Å²) < 4.78 is 0. The molecule has 2 N–H and O–H groups in total. The van der Waals surface area contributed by atoms with E-state index < -0.39 is 0 Å². The number of aryl methyl sites for hydroxylation is 2. The number of hydrogen-bond donors (Lipinski definition) is 2. The topological polar surface area (TPSA) is 57.8 Å². The Hall–Kier alpha value is -1.81. The van der Waals surface area contributed by atoms with Crippen LogP contribution in [0.25, 0.3) is 0 Å². The summed E-state index contributed by atoms with van der Waals surface area (Å²) in [6.07, 6.45) is 1.32. The molecule has 88 valence electrons. The third-order valence-electron chi connectivity index (χ3n) is 2.52. The summed E-state index contributed by atoms with van der Waals surface area (Å²) in [4.78, 5) is 17.8. The van der Waals surface area contributed by atoms with Crippen molar-refractivity contribution in [1.82, 2.24) is 9.97 Å². The molecular weight excluding hydrogens is 238 g/mol. The van der Waals surface area contributed by atoms with Crippen LogP contribution >= 0.6 is 11.6 Å². The minimum absolute atomic E-state index is 0.0650. The van der Waals surface area contributed by atoms with Gasteiger partial charge in [-0.3, -0.25) is 4.79 Å². The Kier molecular flexibility index (Phi) is 3.15. The van der Waals surface area contributed by atoms with E-state index in [4.69, 9.17) is 11.6 Å². The lowest BCUT2D eigenvalue weighted by Crippen LogP contribution is -2.10. The van der Waals surface area contributed by atoms with Crippen molar-refractivity contribution in [2.24, 2.45) is 0 Å². The van der Waals surface area contributed by atoms with E-state index in [1.165, 1.54) is 6.33 Å². The molecule has 0 aliphatic rings. The van der Waals surface area contributed by atoms with Crippen LogP contribution in [0.2, 0.25) is 5.02 Å². The number of aromatic amines is 1. The Morgan fingerprint density at radius 1 is 1.29 bits per heavy atom. The fourth-order valence-electron chi connectivity index (χ4n) is 1.60. The summed E-state index contributed by atoms with van der Waals surface area (Å²) in [6, 6.07) is 5.94. The van der Waals surface area contributed by atoms with E-state index >= 15 is 0 Å². The molecule has 0 unspecified atom stereocenters. The van der Waals surface area contributed by atoms with Gasteiger partial charge in [0.25, 0.3) is 5.56 Å². The van der Waals surface area contributed by atoms with Gasteiger partial charge in [0.05, 0.1) is 6.33 Å². The number of halogens is 1. The normalized spacial score (nSPS) is 10.3. The predicted octanol–water partition coefficient (Wildman–Crippen LogP) is 2.78. The molecule has 0 amide bonds. The number of aromatic nitrogens is 2. The predicted molar refractivity (Wildman–Crippen MR) is 69.1 cm³/mol. The highest BCUT2D eigenvalue weighted by atomic mass is 35.5. The molecule has 0 spiro atoms. The summed E-state index contributed by atoms with van der Waals surface area (Å²) >= 11 is 5.88. The third-order valence-corrected chi connectivity index (χ3v) is 2.87. The Bertz CT molecular complexity index is 587. The summed E-state index contributed by atoms with van der Waals surface area (Å²) in [5, 5.41) is 3.15. The van der Waals surface area contributed by atoms with Crippen LogP contribution in [0.4, 0.5) is 11.5 Å². The molecule has 1 heterocycles. The fraction of sp³-hybridized carbons (Fsp3) is 0.167. The second kappa shape index (κ2) is 4.59. The number of H-pyrrole nitrogens is 1. The van der Waals surface area contributed by atoms with Crippen molar-refractivity contribution >= 4 is 23.1 Å². The summed E-state index contributed by atoms with van der Waals surface area (Å²) in [5.41, 5.74) is 2.72. The minimum atomic E-state index is -0.351. The van der Waals surface area contributed by atoms with E-state index in [2.05, 4.69) is 15.3 Å². The monoisotopic (exact) mass is 249 g/mol. The van der Waals surface area contributed by atoms with Gasteiger partial charge in [-0.1, -0.05) is 29.8 Å². The average molecular weight is 250 g/mol. The van der Waals surface area contributed by atoms with Gasteiger partial charge >= 0.3 is 0 Å². The van der Waals surface area contributed by atoms with E-state index in [1.807, 2.05) is 32.0 Å². The van der Waals surface area contributed by atoms with E-state index in [0.717, 1.165) is 16.8 Å². The van der Waals surface area contributed by atoms with Gasteiger partial charge < -0.3 is 10.3 Å². The van der Waals surface area contributed by atoms with E-state index in [-0.39, 0.29) is 10.6 Å². The molecule has 2 rings (SSSR count). The molecule has 1 aromatic carbocycles. The van der Waals surface area contributed by atoms with Crippen LogP contribution < -0.4 is 10.9 Å². The molecule has 0 saturated carbocycles. The van der Waals surface area contributed by atoms with Crippen LogP contribution in [0, 0.1) is 13.8 Å². The van der Waals surface area contributed by atoms with Crippen molar-refractivity contribution in [2.45, 2.75) is 13.8 Å². The standard InChI is InChI=1S/C12H12ClN3O/c1-7-4-3-5-8(2)10(7)16-11-9(13)12(17)15-6-14-11/h3-6H,1-2H3,(H2,14,15,16,17). The molecule has 0 atom stereocenters. The highest BCUT2D eigenvalue weighted by molar-refractivity contribution is 6.32. The minimum Gasteiger partial charge on any atom is -0.338 e. The second-order valence-corrected chi connectivity index (χ2v) is 4.16. The number of hydrogen-bond acceptors (Lipinski definition) is 3. The van der Waals surface area contributed by atoms with Gasteiger partial charge in [-0.25, -0.2) is 4.98 Å². The molecule has 5 heteroatoms. The number of nitrogens with one attached hydrogen (secondary N) is 2. The number of para-hydroxylation sites is 1. The molecule has 2 aromatic rings. The van der Waals surface area contributed by atoms with Crippen molar-refractivity contribution in [3.63, 3.8) is 0 Å². The van der Waals surface area contributed by atoms with E-state index in [0.29, 0.717) is 5.82 Å². The van der Waals surface area contributed by atoms with Crippen LogP contribution in [0.3, 0.4) is 0 Å². The van der Waals surface area contributed by atoms with E-state index in [1.54, 1.807) is 0 Å². The lowest BCUT2D eigenvalue weighted by Gasteiger charge is -2.12. The Morgan fingerprint density at radius 2 is 1.94 bits per heavy atom. The Balaban J connectivity index is 2.45. The van der Waals surface area contributed by atoms with Gasteiger partial charge in [0.15, 0.2) is 5.82 Å². The van der Waals surface area contributed by atoms with Gasteiger partial charge in [0, 0.05) is 5.69 Å². The summed E-state index contributed by atoms with van der Waals surface area (Å²) in [7, 11) is 0. The molecule has 1 aromatic heterocycles. The molecule has 0 bridgehead atoms. The molecular formula is C12H12ClN3O. The number of benzene rings is 1. The average Bonchev–Trinajstić information content (AvgIpc) is 2.29. The van der Waals surface area contributed by atoms with Gasteiger partial charge in [-0.2, -0.15) is 0 Å². The summed E-state index contributed by atoms with van der Waals surface area (Å²) in [5.74, 6) is 0.368. The first kappa shape index (κ1) is 11.7. The van der Waals surface area contributed by atoms with Crippen molar-refractivity contribution in [3.8, 4) is 0 Å². The van der Waals surface area contributed by atoms with Crippen LogP contribution in [0.15, 0.2) is 29.3 Å². The lowest BCUT2D eigenvalue weighted by molar-refractivity contribution is 1.12. The fourth-order valence-corrected chi connectivity index (χ4v) is 1.75. The van der Waals surface area contributed by atoms with E-state index in [9.17, 15) is 4.79 Å². The van der Waals surface area contributed by atoms with Crippen LogP contribution in [-0.2, 0) is 0 Å². The van der Waals surface area contributed by atoms with Crippen molar-refractivity contribution < 1.29 is 0 Å². The van der Waals surface area contributed by atoms with Gasteiger partial charge in [-0.05, 0) is 25.0 Å². The van der Waals surface area contributed by atoms with Crippen molar-refractivity contribution in [1.29, 1.82) is 0 Å². The first-order chi connectivity index (χ1) is 8.09. The van der Waals surface area contributed by atoms with Crippen LogP contribution in [-0.4, -0.2) is 9.97 Å². The first-order valence-electron chi connectivity index (χ1n) is 5.16. The molecule has 17 heavy (non-hydrogen) atoms. The van der Waals surface area contributed by atoms with Crippen LogP contribution in [0.1, 0.15) is 11.1 Å². The largest absolute Gasteiger partial charge is 0.338 e. The zero-order chi connectivity index (χ0) is 12.4. The zero-order valence-corrected chi connectivity index (χ0v) is 10.3. The maximum absolute atomic E-state index is 11.3. The maximum Gasteiger partial charge on any atom is 0.271 e. The first-order valence-corrected chi connectivity index (χ1v) is 5.54. The Labute approximate surface area is 104 Å². The molecule has 0 fully saturated rings. The second-order valence-electron chi connectivity index (χ2n) is 3.79. The SMILES string of the molecule is Cc1cccc(C)c1Nc1nc[nH]c(=O)c1Cl. The third kappa shape index (κ3) is 2.31. The molecule has 4 nitrogen and oxygen atoms in total.